The van der Waals surface area contributed by atoms with Gasteiger partial charge < -0.3 is 9.64 Å². The largest absolute Gasteiger partial charge is 0.483 e. The summed E-state index contributed by atoms with van der Waals surface area (Å²) in [4.78, 5) is 23.8. The Morgan fingerprint density at radius 1 is 1.22 bits per heavy atom. The van der Waals surface area contributed by atoms with Gasteiger partial charge in [-0.3, -0.25) is 4.79 Å². The zero-order chi connectivity index (χ0) is 22.7. The predicted molar refractivity (Wildman–Crippen MR) is 122 cm³/mol. The molecule has 0 N–H and O–H groups in total. The molecule has 166 valence electrons. The van der Waals surface area contributed by atoms with Crippen LogP contribution in [0.5, 0.6) is 5.75 Å². The highest BCUT2D eigenvalue weighted by Crippen LogP contribution is 2.33. The maximum Gasteiger partial charge on any atom is 0.260 e. The van der Waals surface area contributed by atoms with Crippen LogP contribution in [-0.2, 0) is 4.79 Å². The van der Waals surface area contributed by atoms with Crippen LogP contribution >= 0.6 is 11.6 Å². The summed E-state index contributed by atoms with van der Waals surface area (Å²) >= 11 is 5.99. The van der Waals surface area contributed by atoms with Crippen molar-refractivity contribution < 1.29 is 13.9 Å². The molecule has 0 saturated carbocycles. The molecule has 1 aliphatic heterocycles. The number of carbonyl (C=O) groups is 1. The van der Waals surface area contributed by atoms with E-state index in [4.69, 9.17) is 21.3 Å². The number of piperidine rings is 1. The Balaban J connectivity index is 1.49. The van der Waals surface area contributed by atoms with Gasteiger partial charge in [-0.05, 0) is 68.1 Å². The van der Waals surface area contributed by atoms with E-state index in [-0.39, 0.29) is 24.2 Å². The molecule has 2 aromatic carbocycles. The molecule has 5 nitrogen and oxygen atoms in total. The maximum absolute atomic E-state index is 13.4. The van der Waals surface area contributed by atoms with Crippen LogP contribution in [0.1, 0.15) is 35.8 Å². The zero-order valence-electron chi connectivity index (χ0n) is 18.1. The van der Waals surface area contributed by atoms with Gasteiger partial charge in [-0.1, -0.05) is 23.7 Å². The second kappa shape index (κ2) is 9.65. The highest BCUT2D eigenvalue weighted by molar-refractivity contribution is 6.30. The van der Waals surface area contributed by atoms with Crippen molar-refractivity contribution in [2.24, 2.45) is 0 Å². The Hall–Kier alpha value is -2.99. The van der Waals surface area contributed by atoms with Gasteiger partial charge >= 0.3 is 0 Å². The average Bonchev–Trinajstić information content (AvgIpc) is 2.79. The first-order valence-corrected chi connectivity index (χ1v) is 11.0. The summed E-state index contributed by atoms with van der Waals surface area (Å²) in [6.07, 6.45) is 3.59. The molecule has 3 aromatic rings. The van der Waals surface area contributed by atoms with E-state index in [0.29, 0.717) is 29.7 Å². The summed E-state index contributed by atoms with van der Waals surface area (Å²) in [5.74, 6) is 1.07. The third kappa shape index (κ3) is 5.07. The van der Waals surface area contributed by atoms with Crippen molar-refractivity contribution in [2.45, 2.75) is 32.6 Å². The lowest BCUT2D eigenvalue weighted by Crippen LogP contribution is -2.41. The summed E-state index contributed by atoms with van der Waals surface area (Å²) in [5, 5.41) is 0.636. The van der Waals surface area contributed by atoms with Crippen LogP contribution in [-0.4, -0.2) is 40.5 Å². The van der Waals surface area contributed by atoms with Crippen LogP contribution < -0.4 is 4.74 Å². The summed E-state index contributed by atoms with van der Waals surface area (Å²) in [7, 11) is 0. The number of carbonyl (C=O) groups excluding carboxylic acids is 1. The molecule has 1 saturated heterocycles. The normalized spacial score (nSPS) is 16.1. The second-order valence-corrected chi connectivity index (χ2v) is 8.54. The number of aryl methyl sites for hydroxylation is 2. The quantitative estimate of drug-likeness (QED) is 0.523. The molecule has 4 rings (SSSR count). The van der Waals surface area contributed by atoms with Crippen molar-refractivity contribution >= 4 is 17.5 Å². The smallest absolute Gasteiger partial charge is 0.260 e. The highest BCUT2D eigenvalue weighted by Gasteiger charge is 2.28. The maximum atomic E-state index is 13.4. The van der Waals surface area contributed by atoms with Crippen molar-refractivity contribution in [1.82, 2.24) is 14.9 Å². The number of halogens is 2. The molecule has 0 spiro atoms. The van der Waals surface area contributed by atoms with Crippen molar-refractivity contribution in [3.8, 4) is 16.9 Å². The Bertz CT molecular complexity index is 1120. The van der Waals surface area contributed by atoms with E-state index in [9.17, 15) is 9.18 Å². The summed E-state index contributed by atoms with van der Waals surface area (Å²) < 4.78 is 19.2. The second-order valence-electron chi connectivity index (χ2n) is 8.10. The molecular formula is C25H25ClFN3O2. The lowest BCUT2D eigenvalue weighted by atomic mass is 9.90. The van der Waals surface area contributed by atoms with Crippen molar-refractivity contribution in [3.63, 3.8) is 0 Å². The van der Waals surface area contributed by atoms with E-state index in [2.05, 4.69) is 4.98 Å². The van der Waals surface area contributed by atoms with Gasteiger partial charge in [0.15, 0.2) is 6.61 Å². The molecule has 1 fully saturated rings. The third-order valence-corrected chi connectivity index (χ3v) is 5.98. The summed E-state index contributed by atoms with van der Waals surface area (Å²) in [5.41, 5.74) is 3.53. The number of likely N-dealkylation sites (tertiary alicyclic amines) is 1. The standard InChI is InChI=1S/C25H25ClFN3O2/c1-16-12-20(26)7-10-23(16)32-15-24(31)30-11-3-4-19(14-30)25-22(13-28-17(2)29-25)18-5-8-21(27)9-6-18/h5-10,12-13,19H,3-4,11,14-15H2,1-2H3/t19-/m1/s1. The number of rotatable bonds is 5. The topological polar surface area (TPSA) is 55.3 Å². The molecule has 1 aromatic heterocycles. The van der Waals surface area contributed by atoms with Gasteiger partial charge in [-0.15, -0.1) is 0 Å². The minimum Gasteiger partial charge on any atom is -0.483 e. The molecule has 1 aliphatic rings. The first-order valence-electron chi connectivity index (χ1n) is 10.7. The van der Waals surface area contributed by atoms with Gasteiger partial charge in [0.2, 0.25) is 0 Å². The molecule has 1 atom stereocenters. The van der Waals surface area contributed by atoms with E-state index in [1.165, 1.54) is 12.1 Å². The summed E-state index contributed by atoms with van der Waals surface area (Å²) in [6, 6.07) is 11.7. The van der Waals surface area contributed by atoms with Crippen LogP contribution in [0.25, 0.3) is 11.1 Å². The first-order chi connectivity index (χ1) is 15.4. The van der Waals surface area contributed by atoms with Crippen molar-refractivity contribution in [3.05, 3.63) is 76.6 Å². The van der Waals surface area contributed by atoms with Gasteiger partial charge in [-0.25, -0.2) is 14.4 Å². The number of nitrogens with zero attached hydrogens (tertiary/aromatic N) is 3. The Morgan fingerprint density at radius 3 is 2.75 bits per heavy atom. The lowest BCUT2D eigenvalue weighted by molar-refractivity contribution is -0.134. The minimum atomic E-state index is -0.284. The molecule has 32 heavy (non-hydrogen) atoms. The van der Waals surface area contributed by atoms with Crippen LogP contribution in [0.4, 0.5) is 4.39 Å². The van der Waals surface area contributed by atoms with E-state index in [1.807, 2.05) is 24.8 Å². The monoisotopic (exact) mass is 453 g/mol. The molecule has 0 radical (unpaired) electrons. The number of amides is 1. The van der Waals surface area contributed by atoms with Crippen molar-refractivity contribution in [2.75, 3.05) is 19.7 Å². The average molecular weight is 454 g/mol. The van der Waals surface area contributed by atoms with Crippen LogP contribution in [0, 0.1) is 19.7 Å². The predicted octanol–water partition coefficient (Wildman–Crippen LogP) is 5.34. The molecule has 0 unspecified atom stereocenters. The third-order valence-electron chi connectivity index (χ3n) is 5.74. The molecule has 0 aliphatic carbocycles. The van der Waals surface area contributed by atoms with E-state index in [0.717, 1.165) is 35.2 Å². The molecule has 7 heteroatoms. The highest BCUT2D eigenvalue weighted by atomic mass is 35.5. The van der Waals surface area contributed by atoms with Gasteiger partial charge in [-0.2, -0.15) is 0 Å². The lowest BCUT2D eigenvalue weighted by Gasteiger charge is -2.33. The van der Waals surface area contributed by atoms with Crippen LogP contribution in [0.3, 0.4) is 0 Å². The number of ether oxygens (including phenoxy) is 1. The fourth-order valence-corrected chi connectivity index (χ4v) is 4.31. The van der Waals surface area contributed by atoms with Gasteiger partial charge in [0.1, 0.15) is 17.4 Å². The van der Waals surface area contributed by atoms with Gasteiger partial charge in [0.25, 0.3) is 5.91 Å². The van der Waals surface area contributed by atoms with Gasteiger partial charge in [0, 0.05) is 35.8 Å². The van der Waals surface area contributed by atoms with Crippen LogP contribution in [0.15, 0.2) is 48.7 Å². The zero-order valence-corrected chi connectivity index (χ0v) is 18.9. The Labute approximate surface area is 192 Å². The molecule has 1 amide bonds. The number of hydrogen-bond donors (Lipinski definition) is 0. The number of aromatic nitrogens is 2. The van der Waals surface area contributed by atoms with Crippen LogP contribution in [0.2, 0.25) is 5.02 Å². The van der Waals surface area contributed by atoms with Gasteiger partial charge in [0.05, 0.1) is 5.69 Å². The molecule has 0 bridgehead atoms. The minimum absolute atomic E-state index is 0.0250. The molecular weight excluding hydrogens is 429 g/mol. The number of hydrogen-bond acceptors (Lipinski definition) is 4. The number of benzene rings is 2. The van der Waals surface area contributed by atoms with E-state index in [1.54, 1.807) is 30.5 Å². The summed E-state index contributed by atoms with van der Waals surface area (Å²) in [6.45, 7) is 4.98. The fraction of sp³-hybridized carbons (Fsp3) is 0.320. The first kappa shape index (κ1) is 22.2. The SMILES string of the molecule is Cc1ncc(-c2ccc(F)cc2)c([C@@H]2CCCN(C(=O)COc3ccc(Cl)cc3C)C2)n1. The molecule has 2 heterocycles. The van der Waals surface area contributed by atoms with Crippen molar-refractivity contribution in [1.29, 1.82) is 0 Å². The van der Waals surface area contributed by atoms with E-state index < -0.39 is 0 Å². The van der Waals surface area contributed by atoms with E-state index >= 15 is 0 Å². The fourth-order valence-electron chi connectivity index (χ4n) is 4.08. The Morgan fingerprint density at radius 2 is 2.00 bits per heavy atom. The Kier molecular flexibility index (Phi) is 6.70.